The summed E-state index contributed by atoms with van der Waals surface area (Å²) < 4.78 is 28.0. The largest absolute Gasteiger partial charge is 0.454 e. The zero-order chi connectivity index (χ0) is 18.8. The van der Waals surface area contributed by atoms with Gasteiger partial charge in [0.15, 0.2) is 6.61 Å². The lowest BCUT2D eigenvalue weighted by molar-refractivity contribution is 0.0473. The maximum Gasteiger partial charge on any atom is 0.339 e. The molecule has 132 valence electrons. The summed E-state index contributed by atoms with van der Waals surface area (Å²) >= 11 is 14.8. The van der Waals surface area contributed by atoms with Gasteiger partial charge in [0.25, 0.3) is 0 Å². The van der Waals surface area contributed by atoms with Crippen LogP contribution in [0.2, 0.25) is 10.0 Å². The molecule has 6 nitrogen and oxygen atoms in total. The first-order chi connectivity index (χ1) is 11.6. The summed E-state index contributed by atoms with van der Waals surface area (Å²) in [7, 11) is -3.99. The molecule has 0 unspecified atom stereocenters. The maximum atomic E-state index is 12.1. The Morgan fingerprint density at radius 3 is 2.36 bits per heavy atom. The van der Waals surface area contributed by atoms with Gasteiger partial charge in [0.2, 0.25) is 15.8 Å². The summed E-state index contributed by atoms with van der Waals surface area (Å²) in [5.74, 6) is -1.43. The second-order valence-electron chi connectivity index (χ2n) is 4.81. The van der Waals surface area contributed by atoms with Gasteiger partial charge in [0, 0.05) is 15.1 Å². The predicted octanol–water partition coefficient (Wildman–Crippen LogP) is 3.44. The van der Waals surface area contributed by atoms with Gasteiger partial charge >= 0.3 is 5.97 Å². The molecule has 25 heavy (non-hydrogen) atoms. The number of carbonyl (C=O) groups is 2. The average Bonchev–Trinajstić information content (AvgIpc) is 2.51. The number of halogens is 3. The fraction of sp³-hybridized carbons (Fsp3) is 0.0667. The van der Waals surface area contributed by atoms with Crippen LogP contribution in [-0.4, -0.2) is 26.8 Å². The third kappa shape index (κ3) is 5.02. The molecule has 0 aromatic heterocycles. The maximum absolute atomic E-state index is 12.1. The molecule has 0 atom stereocenters. The zero-order valence-corrected chi connectivity index (χ0v) is 16.2. The number of hydrogen-bond acceptors (Lipinski definition) is 5. The van der Waals surface area contributed by atoms with Crippen LogP contribution in [-0.2, 0) is 14.8 Å². The Morgan fingerprint density at radius 2 is 1.76 bits per heavy atom. The smallest absolute Gasteiger partial charge is 0.339 e. The Labute approximate surface area is 162 Å². The molecule has 0 amide bonds. The van der Waals surface area contributed by atoms with Gasteiger partial charge in [0.05, 0.1) is 15.5 Å². The van der Waals surface area contributed by atoms with Gasteiger partial charge in [-0.25, -0.2) is 18.4 Å². The van der Waals surface area contributed by atoms with Gasteiger partial charge in [-0.05, 0) is 52.3 Å². The van der Waals surface area contributed by atoms with Crippen molar-refractivity contribution < 1.29 is 22.7 Å². The van der Waals surface area contributed by atoms with Crippen molar-refractivity contribution in [1.82, 2.24) is 0 Å². The summed E-state index contributed by atoms with van der Waals surface area (Å²) in [5.41, 5.74) is 0.0674. The van der Waals surface area contributed by atoms with E-state index in [9.17, 15) is 18.0 Å². The number of Topliss-reactive ketones (excluding diaryl/α,β-unsaturated/α-hetero) is 1. The molecule has 2 rings (SSSR count). The van der Waals surface area contributed by atoms with Crippen LogP contribution in [0, 0.1) is 0 Å². The molecule has 0 saturated carbocycles. The Bertz CT molecular complexity index is 962. The van der Waals surface area contributed by atoms with Crippen molar-refractivity contribution in [1.29, 1.82) is 0 Å². The van der Waals surface area contributed by atoms with E-state index in [2.05, 4.69) is 15.9 Å². The number of primary sulfonamides is 1. The second-order valence-corrected chi connectivity index (χ2v) is 8.07. The van der Waals surface area contributed by atoms with Gasteiger partial charge in [0.1, 0.15) is 0 Å². The number of esters is 1. The van der Waals surface area contributed by atoms with Crippen LogP contribution in [0.25, 0.3) is 0 Å². The highest BCUT2D eigenvalue weighted by Gasteiger charge is 2.19. The quantitative estimate of drug-likeness (QED) is 0.536. The lowest BCUT2D eigenvalue weighted by Gasteiger charge is -2.08. The van der Waals surface area contributed by atoms with E-state index < -0.39 is 28.4 Å². The van der Waals surface area contributed by atoms with E-state index in [4.69, 9.17) is 33.1 Å². The third-order valence-corrected chi connectivity index (χ3v) is 5.20. The SMILES string of the molecule is NS(=O)(=O)c1ccc(Br)c(C(=O)OCC(=O)c2ccc(Cl)cc2Cl)c1. The Hall–Kier alpha value is -1.45. The van der Waals surface area contributed by atoms with Crippen LogP contribution in [0.4, 0.5) is 0 Å². The van der Waals surface area contributed by atoms with Crippen molar-refractivity contribution in [3.63, 3.8) is 0 Å². The summed E-state index contributed by atoms with van der Waals surface area (Å²) in [4.78, 5) is 24.0. The molecule has 0 aliphatic carbocycles. The lowest BCUT2D eigenvalue weighted by Crippen LogP contribution is -2.17. The number of nitrogens with two attached hydrogens (primary N) is 1. The predicted molar refractivity (Wildman–Crippen MR) is 96.6 cm³/mol. The highest BCUT2D eigenvalue weighted by Crippen LogP contribution is 2.23. The number of rotatable bonds is 5. The first-order valence-electron chi connectivity index (χ1n) is 6.57. The minimum absolute atomic E-state index is 0.0819. The highest BCUT2D eigenvalue weighted by molar-refractivity contribution is 9.10. The van der Waals surface area contributed by atoms with Crippen LogP contribution >= 0.6 is 39.1 Å². The highest BCUT2D eigenvalue weighted by atomic mass is 79.9. The molecule has 0 aliphatic heterocycles. The minimum Gasteiger partial charge on any atom is -0.454 e. The Morgan fingerprint density at radius 1 is 1.08 bits per heavy atom. The third-order valence-electron chi connectivity index (χ3n) is 3.05. The molecule has 0 heterocycles. The molecule has 0 radical (unpaired) electrons. The molecule has 2 N–H and O–H groups in total. The standard InChI is InChI=1S/C15H10BrCl2NO5S/c16-12-4-2-9(25(19,22)23)6-11(12)15(21)24-7-14(20)10-3-1-8(17)5-13(10)18/h1-6H,7H2,(H2,19,22,23). The van der Waals surface area contributed by atoms with Gasteiger partial charge < -0.3 is 4.74 Å². The molecule has 0 aliphatic rings. The van der Waals surface area contributed by atoms with Crippen LogP contribution in [0.15, 0.2) is 45.8 Å². The molecule has 0 saturated heterocycles. The molecule has 0 bridgehead atoms. The molecule has 0 spiro atoms. The van der Waals surface area contributed by atoms with E-state index in [1.807, 2.05) is 0 Å². The second kappa shape index (κ2) is 7.84. The summed E-state index contributed by atoms with van der Waals surface area (Å²) in [5, 5.41) is 5.52. The number of sulfonamides is 1. The van der Waals surface area contributed by atoms with Gasteiger partial charge in [-0.2, -0.15) is 0 Å². The zero-order valence-electron chi connectivity index (χ0n) is 12.3. The van der Waals surface area contributed by atoms with Crippen molar-refractivity contribution in [3.05, 3.63) is 62.0 Å². The topological polar surface area (TPSA) is 104 Å². The van der Waals surface area contributed by atoms with Crippen molar-refractivity contribution in [3.8, 4) is 0 Å². The Kier molecular flexibility index (Phi) is 6.23. The van der Waals surface area contributed by atoms with Crippen LogP contribution < -0.4 is 5.14 Å². The van der Waals surface area contributed by atoms with E-state index in [1.54, 1.807) is 0 Å². The summed E-state index contributed by atoms with van der Waals surface area (Å²) in [6, 6.07) is 7.92. The molecular formula is C15H10BrCl2NO5S. The fourth-order valence-corrected chi connectivity index (χ4v) is 3.30. The van der Waals surface area contributed by atoms with Gasteiger partial charge in [-0.15, -0.1) is 0 Å². The van der Waals surface area contributed by atoms with Gasteiger partial charge in [-0.3, -0.25) is 4.79 Å². The van der Waals surface area contributed by atoms with Crippen molar-refractivity contribution >= 4 is 60.9 Å². The van der Waals surface area contributed by atoms with Crippen molar-refractivity contribution in [2.45, 2.75) is 4.90 Å². The summed E-state index contributed by atoms with van der Waals surface area (Å²) in [6.45, 7) is -0.577. The first-order valence-corrected chi connectivity index (χ1v) is 9.67. The van der Waals surface area contributed by atoms with E-state index in [0.29, 0.717) is 9.50 Å². The summed E-state index contributed by atoms with van der Waals surface area (Å²) in [6.07, 6.45) is 0. The van der Waals surface area contributed by atoms with Crippen LogP contribution in [0.1, 0.15) is 20.7 Å². The lowest BCUT2D eigenvalue weighted by atomic mass is 10.1. The van der Waals surface area contributed by atoms with Crippen LogP contribution in [0.3, 0.4) is 0 Å². The number of benzene rings is 2. The van der Waals surface area contributed by atoms with Crippen LogP contribution in [0.5, 0.6) is 0 Å². The molecule has 2 aromatic rings. The fourth-order valence-electron chi connectivity index (χ4n) is 1.84. The van der Waals surface area contributed by atoms with Crippen molar-refractivity contribution in [2.75, 3.05) is 6.61 Å². The number of hydrogen-bond donors (Lipinski definition) is 1. The molecular weight excluding hydrogens is 457 g/mol. The minimum atomic E-state index is -3.99. The van der Waals surface area contributed by atoms with Gasteiger partial charge in [-0.1, -0.05) is 23.2 Å². The monoisotopic (exact) mass is 465 g/mol. The first kappa shape index (κ1) is 19.9. The van der Waals surface area contributed by atoms with E-state index >= 15 is 0 Å². The van der Waals surface area contributed by atoms with E-state index in [-0.39, 0.29) is 21.0 Å². The molecule has 0 fully saturated rings. The number of ketones is 1. The Balaban J connectivity index is 2.16. The molecule has 10 heteroatoms. The number of ether oxygens (including phenoxy) is 1. The van der Waals surface area contributed by atoms with E-state index in [0.717, 1.165) is 6.07 Å². The number of carbonyl (C=O) groups excluding carboxylic acids is 2. The normalized spacial score (nSPS) is 11.2. The average molecular weight is 467 g/mol. The van der Waals surface area contributed by atoms with Crippen molar-refractivity contribution in [2.24, 2.45) is 5.14 Å². The van der Waals surface area contributed by atoms with E-state index in [1.165, 1.54) is 30.3 Å². The molecule has 2 aromatic carbocycles.